The van der Waals surface area contributed by atoms with Gasteiger partial charge in [-0.25, -0.2) is 9.78 Å². The van der Waals surface area contributed by atoms with Crippen LogP contribution in [-0.2, 0) is 0 Å². The summed E-state index contributed by atoms with van der Waals surface area (Å²) in [5, 5.41) is 15.9. The van der Waals surface area contributed by atoms with Gasteiger partial charge in [0.25, 0.3) is 0 Å². The molecule has 35 heavy (non-hydrogen) atoms. The third kappa shape index (κ3) is 4.05. The Morgan fingerprint density at radius 3 is 2.83 bits per heavy atom. The number of carbonyl (C=O) groups excluding carboxylic acids is 1. The van der Waals surface area contributed by atoms with Crippen molar-refractivity contribution in [3.8, 4) is 11.3 Å². The maximum Gasteiger partial charge on any atom is 0.360 e. The first-order chi connectivity index (χ1) is 17.0. The minimum atomic E-state index is -0.591. The van der Waals surface area contributed by atoms with E-state index in [0.717, 1.165) is 51.5 Å². The first kappa shape index (κ1) is 22.7. The molecule has 0 radical (unpaired) electrons. The number of aliphatic hydroxyl groups excluding tert-OH is 1. The van der Waals surface area contributed by atoms with Crippen molar-refractivity contribution in [3.63, 3.8) is 0 Å². The van der Waals surface area contributed by atoms with Crippen LogP contribution in [0.1, 0.15) is 42.2 Å². The number of benzene rings is 2. The van der Waals surface area contributed by atoms with Crippen molar-refractivity contribution in [1.82, 2.24) is 9.97 Å². The minimum absolute atomic E-state index is 0.107. The highest BCUT2D eigenvalue weighted by Crippen LogP contribution is 2.34. The number of hydrogen-bond acceptors (Lipinski definition) is 5. The third-order valence-electron chi connectivity index (χ3n) is 6.63. The molecule has 0 fully saturated rings. The number of aliphatic hydroxyl groups is 1. The molecule has 0 aliphatic carbocycles. The molecule has 0 amide bonds. The van der Waals surface area contributed by atoms with Crippen molar-refractivity contribution in [2.75, 3.05) is 5.32 Å². The van der Waals surface area contributed by atoms with E-state index in [0.29, 0.717) is 11.5 Å². The van der Waals surface area contributed by atoms with Crippen LogP contribution in [0.4, 0.5) is 5.82 Å². The molecule has 176 valence electrons. The zero-order valence-corrected chi connectivity index (χ0v) is 20.2. The van der Waals surface area contributed by atoms with Gasteiger partial charge in [-0.1, -0.05) is 49.8 Å². The van der Waals surface area contributed by atoms with Gasteiger partial charge in [0.15, 0.2) is 11.2 Å². The average Bonchev–Trinajstić information content (AvgIpc) is 3.19. The van der Waals surface area contributed by atoms with Gasteiger partial charge in [0.1, 0.15) is 5.52 Å². The Labute approximate surface area is 204 Å². The first-order valence-corrected chi connectivity index (χ1v) is 12.0. The molecule has 0 saturated carbocycles. The monoisotopic (exact) mass is 465 g/mol. The van der Waals surface area contributed by atoms with E-state index >= 15 is 0 Å². The van der Waals surface area contributed by atoms with Crippen LogP contribution in [-0.4, -0.2) is 27.0 Å². The summed E-state index contributed by atoms with van der Waals surface area (Å²) in [5.74, 6) is 0.701. The number of anilines is 1. The van der Waals surface area contributed by atoms with Crippen molar-refractivity contribution in [2.24, 2.45) is 0 Å². The zero-order valence-electron chi connectivity index (χ0n) is 20.2. The second-order valence-electron chi connectivity index (χ2n) is 8.98. The Hall–Kier alpha value is -4.06. The molecule has 1 aliphatic heterocycles. The molecule has 4 aromatic rings. The molecule has 3 heterocycles. The molecule has 0 spiro atoms. The van der Waals surface area contributed by atoms with Gasteiger partial charge < -0.3 is 5.11 Å². The molecule has 1 aliphatic rings. The molecule has 1 atom stereocenters. The molecule has 5 rings (SSSR count). The van der Waals surface area contributed by atoms with E-state index in [1.54, 1.807) is 16.8 Å². The lowest BCUT2D eigenvalue weighted by Gasteiger charge is -2.11. The van der Waals surface area contributed by atoms with Gasteiger partial charge in [-0.15, -0.1) is 0 Å². The van der Waals surface area contributed by atoms with Crippen LogP contribution >= 0.6 is 0 Å². The minimum Gasteiger partial charge on any atom is -0.512 e. The Morgan fingerprint density at radius 2 is 2.00 bits per heavy atom. The van der Waals surface area contributed by atoms with Crippen molar-refractivity contribution in [3.05, 3.63) is 83.9 Å². The summed E-state index contributed by atoms with van der Waals surface area (Å²) in [6.45, 7) is 6.10. The summed E-state index contributed by atoms with van der Waals surface area (Å²) < 4.78 is 1.73. The van der Waals surface area contributed by atoms with E-state index in [1.165, 1.54) is 0 Å². The predicted molar refractivity (Wildman–Crippen MR) is 140 cm³/mol. The summed E-state index contributed by atoms with van der Waals surface area (Å²) in [4.78, 5) is 23.2. The number of nitrogens with one attached hydrogen (secondary N) is 1. The summed E-state index contributed by atoms with van der Waals surface area (Å²) >= 11 is 0. The number of fused-ring (bicyclic) bond motifs is 5. The van der Waals surface area contributed by atoms with Gasteiger partial charge in [0, 0.05) is 22.8 Å². The molecule has 6 nitrogen and oxygen atoms in total. The Bertz CT molecular complexity index is 1520. The molecular weight excluding hydrogens is 436 g/mol. The molecule has 2 N–H and O–H groups in total. The molecular formula is C29H29N4O2+. The predicted octanol–water partition coefficient (Wildman–Crippen LogP) is 5.98. The number of rotatable bonds is 6. The van der Waals surface area contributed by atoms with Crippen molar-refractivity contribution in [1.29, 1.82) is 0 Å². The number of unbranched alkanes of at least 4 members (excludes halogenated alkanes) is 1. The maximum absolute atomic E-state index is 13.7. The van der Waals surface area contributed by atoms with Crippen molar-refractivity contribution in [2.45, 2.75) is 46.1 Å². The van der Waals surface area contributed by atoms with Crippen LogP contribution < -0.4 is 9.88 Å². The van der Waals surface area contributed by atoms with Crippen LogP contribution in [0.5, 0.6) is 0 Å². The van der Waals surface area contributed by atoms with Crippen LogP contribution in [0.15, 0.2) is 72.6 Å². The largest absolute Gasteiger partial charge is 0.512 e. The number of nitrogens with zero attached hydrogens (tertiary/aromatic N) is 3. The fraction of sp³-hybridized carbons (Fsp3) is 0.241. The summed E-state index contributed by atoms with van der Waals surface area (Å²) in [6, 6.07) is 13.4. The lowest BCUT2D eigenvalue weighted by molar-refractivity contribution is -0.523. The third-order valence-corrected chi connectivity index (χ3v) is 6.63. The molecule has 2 aromatic carbocycles. The smallest absolute Gasteiger partial charge is 0.360 e. The summed E-state index contributed by atoms with van der Waals surface area (Å²) in [6.07, 6.45) is 9.49. The first-order valence-electron chi connectivity index (χ1n) is 12.0. The number of hydrogen-bond donors (Lipinski definition) is 2. The normalized spacial score (nSPS) is 15.8. The van der Waals surface area contributed by atoms with Crippen LogP contribution in [0.25, 0.3) is 33.1 Å². The second-order valence-corrected chi connectivity index (χ2v) is 8.98. The summed E-state index contributed by atoms with van der Waals surface area (Å²) in [5.41, 5.74) is 5.09. The molecule has 1 unspecified atom stereocenters. The van der Waals surface area contributed by atoms with Crippen LogP contribution in [0, 0.1) is 13.8 Å². The van der Waals surface area contributed by atoms with E-state index in [2.05, 4.69) is 17.2 Å². The highest BCUT2D eigenvalue weighted by atomic mass is 16.3. The SMILES string of the molecule is CCC/C=C\C=C(/O)CC1Nc2c(-c3ccnc(C)c3C)nc3c4ccccc4ccc3[n+]2C1=O. The van der Waals surface area contributed by atoms with Crippen molar-refractivity contribution < 1.29 is 14.5 Å². The number of aryl methyl sites for hydroxylation is 1. The van der Waals surface area contributed by atoms with E-state index in [1.807, 2.05) is 68.5 Å². The zero-order chi connectivity index (χ0) is 24.5. The topological polar surface area (TPSA) is 79.0 Å². The molecule has 0 saturated heterocycles. The summed E-state index contributed by atoms with van der Waals surface area (Å²) in [7, 11) is 0. The second kappa shape index (κ2) is 9.29. The molecule has 0 bridgehead atoms. The van der Waals surface area contributed by atoms with Crippen molar-refractivity contribution >= 4 is 33.5 Å². The fourth-order valence-electron chi connectivity index (χ4n) is 4.62. The lowest BCUT2D eigenvalue weighted by atomic mass is 10.0. The van der Waals surface area contributed by atoms with Gasteiger partial charge in [0.2, 0.25) is 6.04 Å². The molecule has 6 heteroatoms. The van der Waals surface area contributed by atoms with Gasteiger partial charge in [-0.2, -0.15) is 4.57 Å². The quantitative estimate of drug-likeness (QED) is 0.159. The van der Waals surface area contributed by atoms with E-state index in [4.69, 9.17) is 4.98 Å². The average molecular weight is 466 g/mol. The van der Waals surface area contributed by atoms with E-state index in [9.17, 15) is 9.90 Å². The highest BCUT2D eigenvalue weighted by molar-refractivity contribution is 6.05. The van der Waals surface area contributed by atoms with Crippen LogP contribution in [0.3, 0.4) is 0 Å². The standard InChI is InChI=1S/C29H28N4O2/c1-4-5-6-7-11-21(34)17-24-29(35)33-25-14-13-20-10-8-9-12-23(20)26(25)32-27(28(33)31-24)22-15-16-30-19(3)18(22)2/h6-16,24,34H,4-5,17H2,1-3H3/p+1/b7-6-,21-11-. The van der Waals surface area contributed by atoms with Gasteiger partial charge in [-0.05, 0) is 55.5 Å². The lowest BCUT2D eigenvalue weighted by Crippen LogP contribution is -2.44. The fourth-order valence-corrected chi connectivity index (χ4v) is 4.62. The van der Waals surface area contributed by atoms with E-state index < -0.39 is 6.04 Å². The van der Waals surface area contributed by atoms with E-state index in [-0.39, 0.29) is 18.1 Å². The Kier molecular flexibility index (Phi) is 6.03. The number of pyridine rings is 1. The van der Waals surface area contributed by atoms with Gasteiger partial charge in [-0.3, -0.25) is 10.3 Å². The Morgan fingerprint density at radius 1 is 1.17 bits per heavy atom. The Balaban J connectivity index is 1.68. The number of carbonyl (C=O) groups is 1. The van der Waals surface area contributed by atoms with Gasteiger partial charge >= 0.3 is 11.7 Å². The highest BCUT2D eigenvalue weighted by Gasteiger charge is 2.43. The van der Waals surface area contributed by atoms with Crippen LogP contribution in [0.2, 0.25) is 0 Å². The number of aromatic nitrogens is 3. The van der Waals surface area contributed by atoms with Gasteiger partial charge in [0.05, 0.1) is 12.2 Å². The maximum atomic E-state index is 13.7. The molecule has 2 aromatic heterocycles. The number of allylic oxidation sites excluding steroid dienone is 3.